The molecule has 4 nitrogen and oxygen atoms in total. The first-order valence-corrected chi connectivity index (χ1v) is 7.35. The molecule has 0 aliphatic heterocycles. The van der Waals surface area contributed by atoms with Gasteiger partial charge in [-0.1, -0.05) is 0 Å². The molecule has 1 rings (SSSR count). The fourth-order valence-corrected chi connectivity index (χ4v) is 2.95. The summed E-state index contributed by atoms with van der Waals surface area (Å²) >= 11 is 5.00. The maximum atomic E-state index is 11.8. The number of aliphatic carboxylic acids is 1. The van der Waals surface area contributed by atoms with Gasteiger partial charge in [0.05, 0.1) is 0 Å². The van der Waals surface area contributed by atoms with Crippen LogP contribution in [0.15, 0.2) is 15.9 Å². The maximum absolute atomic E-state index is 11.8. The van der Waals surface area contributed by atoms with Crippen molar-refractivity contribution >= 4 is 39.1 Å². The van der Waals surface area contributed by atoms with Crippen LogP contribution < -0.4 is 0 Å². The summed E-state index contributed by atoms with van der Waals surface area (Å²) in [5, 5.41) is 10.5. The lowest BCUT2D eigenvalue weighted by atomic mass is 10.2. The second kappa shape index (κ2) is 7.53. The van der Waals surface area contributed by atoms with E-state index < -0.39 is 5.97 Å². The average Bonchev–Trinajstić information content (AvgIpc) is 2.71. The van der Waals surface area contributed by atoms with E-state index in [1.54, 1.807) is 23.3 Å². The van der Waals surface area contributed by atoms with Gasteiger partial charge >= 0.3 is 5.97 Å². The number of rotatable bonds is 7. The van der Waals surface area contributed by atoms with Gasteiger partial charge in [-0.25, -0.2) is 0 Å². The molecule has 0 saturated heterocycles. The number of carboxylic acid groups (broad SMARTS) is 1. The molecule has 100 valence electrons. The standard InChI is InChI=1S/C12H16BrNO3S/c1-14(6-2-3-12(16)17)11(15)5-4-10-7-9(13)8-18-10/h7-8H,2-6H2,1H3,(H,16,17). The Morgan fingerprint density at radius 1 is 1.44 bits per heavy atom. The number of carbonyl (C=O) groups is 2. The van der Waals surface area contributed by atoms with Crippen LogP contribution in [0.5, 0.6) is 0 Å². The number of carboxylic acids is 1. The molecule has 0 unspecified atom stereocenters. The van der Waals surface area contributed by atoms with Crippen LogP contribution in [0, 0.1) is 0 Å². The molecule has 1 N–H and O–H groups in total. The van der Waals surface area contributed by atoms with Gasteiger partial charge in [-0.3, -0.25) is 9.59 Å². The van der Waals surface area contributed by atoms with Crippen molar-refractivity contribution in [3.8, 4) is 0 Å². The molecule has 0 atom stereocenters. The lowest BCUT2D eigenvalue weighted by Gasteiger charge is -2.16. The highest BCUT2D eigenvalue weighted by molar-refractivity contribution is 9.10. The normalized spacial score (nSPS) is 10.3. The Kier molecular flexibility index (Phi) is 6.35. The summed E-state index contributed by atoms with van der Waals surface area (Å²) in [5.41, 5.74) is 0. The lowest BCUT2D eigenvalue weighted by Crippen LogP contribution is -2.28. The van der Waals surface area contributed by atoms with Gasteiger partial charge in [-0.2, -0.15) is 0 Å². The first kappa shape index (κ1) is 15.2. The van der Waals surface area contributed by atoms with Crippen molar-refractivity contribution in [2.24, 2.45) is 0 Å². The molecule has 0 saturated carbocycles. The molecular formula is C12H16BrNO3S. The maximum Gasteiger partial charge on any atom is 0.303 e. The van der Waals surface area contributed by atoms with Crippen molar-refractivity contribution in [2.45, 2.75) is 25.7 Å². The van der Waals surface area contributed by atoms with E-state index in [1.807, 2.05) is 11.4 Å². The molecule has 0 aliphatic rings. The molecule has 18 heavy (non-hydrogen) atoms. The van der Waals surface area contributed by atoms with Crippen LogP contribution >= 0.6 is 27.3 Å². The summed E-state index contributed by atoms with van der Waals surface area (Å²) in [6.07, 6.45) is 1.81. The molecule has 0 aliphatic carbocycles. The lowest BCUT2D eigenvalue weighted by molar-refractivity contribution is -0.138. The molecule has 6 heteroatoms. The quantitative estimate of drug-likeness (QED) is 0.834. The Morgan fingerprint density at radius 3 is 2.72 bits per heavy atom. The van der Waals surface area contributed by atoms with Crippen LogP contribution in [0.2, 0.25) is 0 Å². The van der Waals surface area contributed by atoms with E-state index in [4.69, 9.17) is 5.11 Å². The third kappa shape index (κ3) is 5.64. The van der Waals surface area contributed by atoms with E-state index in [0.717, 1.165) is 10.9 Å². The molecule has 1 aromatic heterocycles. The van der Waals surface area contributed by atoms with E-state index in [2.05, 4.69) is 15.9 Å². The van der Waals surface area contributed by atoms with Crippen molar-refractivity contribution in [3.05, 3.63) is 20.8 Å². The predicted molar refractivity (Wildman–Crippen MR) is 74.8 cm³/mol. The zero-order valence-electron chi connectivity index (χ0n) is 10.2. The largest absolute Gasteiger partial charge is 0.481 e. The molecule has 0 aromatic carbocycles. The summed E-state index contributed by atoms with van der Waals surface area (Å²) in [5.74, 6) is -0.760. The number of carbonyl (C=O) groups excluding carboxylic acids is 1. The second-order valence-corrected chi connectivity index (χ2v) is 5.96. The average molecular weight is 334 g/mol. The highest BCUT2D eigenvalue weighted by Crippen LogP contribution is 2.21. The highest BCUT2D eigenvalue weighted by atomic mass is 79.9. The van der Waals surface area contributed by atoms with Crippen molar-refractivity contribution in [3.63, 3.8) is 0 Å². The molecule has 0 fully saturated rings. The summed E-state index contributed by atoms with van der Waals surface area (Å²) in [6.45, 7) is 0.499. The molecule has 0 radical (unpaired) electrons. The van der Waals surface area contributed by atoms with E-state index >= 15 is 0 Å². The van der Waals surface area contributed by atoms with Crippen LogP contribution in [-0.4, -0.2) is 35.5 Å². The monoisotopic (exact) mass is 333 g/mol. The number of aryl methyl sites for hydroxylation is 1. The first-order chi connectivity index (χ1) is 8.49. The van der Waals surface area contributed by atoms with Crippen LogP contribution in [0.25, 0.3) is 0 Å². The van der Waals surface area contributed by atoms with E-state index in [-0.39, 0.29) is 12.3 Å². The SMILES string of the molecule is CN(CCCC(=O)O)C(=O)CCc1cc(Br)cs1. The minimum atomic E-state index is -0.820. The Bertz CT molecular complexity index is 419. The van der Waals surface area contributed by atoms with Gasteiger partial charge < -0.3 is 10.0 Å². The Labute approximate surface area is 119 Å². The van der Waals surface area contributed by atoms with Crippen LogP contribution in [0.4, 0.5) is 0 Å². The number of hydrogen-bond acceptors (Lipinski definition) is 3. The number of nitrogens with zero attached hydrogens (tertiary/aromatic N) is 1. The first-order valence-electron chi connectivity index (χ1n) is 5.67. The molecule has 1 amide bonds. The van der Waals surface area contributed by atoms with Crippen molar-refractivity contribution in [1.82, 2.24) is 4.90 Å². The smallest absolute Gasteiger partial charge is 0.303 e. The van der Waals surface area contributed by atoms with Gasteiger partial charge in [0.2, 0.25) is 5.91 Å². The number of halogens is 1. The van der Waals surface area contributed by atoms with Gasteiger partial charge in [0.25, 0.3) is 0 Å². The van der Waals surface area contributed by atoms with E-state index in [9.17, 15) is 9.59 Å². The van der Waals surface area contributed by atoms with Gasteiger partial charge in [0.1, 0.15) is 0 Å². The third-order valence-corrected chi connectivity index (χ3v) is 4.27. The van der Waals surface area contributed by atoms with Gasteiger partial charge in [-0.15, -0.1) is 11.3 Å². The van der Waals surface area contributed by atoms with Gasteiger partial charge in [0, 0.05) is 41.2 Å². The second-order valence-electron chi connectivity index (χ2n) is 4.04. The third-order valence-electron chi connectivity index (χ3n) is 2.52. The Hall–Kier alpha value is -0.880. The summed E-state index contributed by atoms with van der Waals surface area (Å²) in [7, 11) is 1.72. The predicted octanol–water partition coefficient (Wildman–Crippen LogP) is 2.77. The van der Waals surface area contributed by atoms with Gasteiger partial charge in [0.15, 0.2) is 0 Å². The minimum Gasteiger partial charge on any atom is -0.481 e. The molecule has 0 spiro atoms. The summed E-state index contributed by atoms with van der Waals surface area (Å²) < 4.78 is 1.05. The summed E-state index contributed by atoms with van der Waals surface area (Å²) in [6, 6.07) is 2.02. The molecule has 1 heterocycles. The minimum absolute atomic E-state index is 0.0601. The number of thiophene rings is 1. The molecular weight excluding hydrogens is 318 g/mol. The fraction of sp³-hybridized carbons (Fsp3) is 0.500. The fourth-order valence-electron chi connectivity index (χ4n) is 1.50. The van der Waals surface area contributed by atoms with Crippen molar-refractivity contribution in [1.29, 1.82) is 0 Å². The highest BCUT2D eigenvalue weighted by Gasteiger charge is 2.10. The van der Waals surface area contributed by atoms with Crippen LogP contribution in [0.1, 0.15) is 24.1 Å². The molecule has 0 bridgehead atoms. The zero-order chi connectivity index (χ0) is 13.5. The summed E-state index contributed by atoms with van der Waals surface area (Å²) in [4.78, 5) is 24.9. The Morgan fingerprint density at radius 2 is 2.17 bits per heavy atom. The zero-order valence-corrected chi connectivity index (χ0v) is 12.6. The van der Waals surface area contributed by atoms with Crippen LogP contribution in [0.3, 0.4) is 0 Å². The number of amides is 1. The van der Waals surface area contributed by atoms with E-state index in [0.29, 0.717) is 19.4 Å². The van der Waals surface area contributed by atoms with Gasteiger partial charge in [-0.05, 0) is 34.8 Å². The topological polar surface area (TPSA) is 57.6 Å². The Balaban J connectivity index is 2.25. The van der Waals surface area contributed by atoms with Crippen molar-refractivity contribution < 1.29 is 14.7 Å². The van der Waals surface area contributed by atoms with Crippen LogP contribution in [-0.2, 0) is 16.0 Å². The van der Waals surface area contributed by atoms with Crippen molar-refractivity contribution in [2.75, 3.05) is 13.6 Å². The van der Waals surface area contributed by atoms with E-state index in [1.165, 1.54) is 4.88 Å². The number of hydrogen-bond donors (Lipinski definition) is 1. The molecule has 1 aromatic rings.